The number of amides is 1. The summed E-state index contributed by atoms with van der Waals surface area (Å²) in [5.41, 5.74) is 2.93. The van der Waals surface area contributed by atoms with Crippen LogP contribution >= 0.6 is 11.6 Å². The number of aryl methyl sites for hydroxylation is 1. The molecular weight excluding hydrogens is 518 g/mol. The lowest BCUT2D eigenvalue weighted by molar-refractivity contribution is -0.131. The first-order chi connectivity index (χ1) is 18.3. The van der Waals surface area contributed by atoms with Crippen molar-refractivity contribution in [2.75, 3.05) is 13.7 Å². The van der Waals surface area contributed by atoms with Crippen molar-refractivity contribution >= 4 is 23.8 Å². The molecule has 198 valence electrons. The van der Waals surface area contributed by atoms with E-state index in [9.17, 15) is 18.7 Å². The van der Waals surface area contributed by atoms with Gasteiger partial charge in [0.2, 0.25) is 5.91 Å². The minimum Gasteiger partial charge on any atom is -0.394 e. The summed E-state index contributed by atoms with van der Waals surface area (Å²) in [7, 11) is 3.45. The first kappa shape index (κ1) is 27.0. The second kappa shape index (κ2) is 11.6. The Morgan fingerprint density at radius 3 is 2.47 bits per heavy atom. The van der Waals surface area contributed by atoms with E-state index in [1.807, 2.05) is 25.2 Å². The number of rotatable bonds is 10. The molecule has 2 aromatic carbocycles. The van der Waals surface area contributed by atoms with Crippen LogP contribution in [0.15, 0.2) is 61.1 Å². The number of aliphatic hydroxyl groups excluding tert-OH is 1. The number of benzene rings is 2. The van der Waals surface area contributed by atoms with Crippen molar-refractivity contribution in [2.45, 2.75) is 18.5 Å². The molecule has 0 bridgehead atoms. The highest BCUT2D eigenvalue weighted by Crippen LogP contribution is 2.31. The Hall–Kier alpha value is -4.00. The summed E-state index contributed by atoms with van der Waals surface area (Å²) in [5, 5.41) is 29.3. The maximum Gasteiger partial charge on any atom is 0.297 e. The van der Waals surface area contributed by atoms with Gasteiger partial charge >= 0.3 is 0 Å². The zero-order valence-corrected chi connectivity index (χ0v) is 21.2. The van der Waals surface area contributed by atoms with E-state index >= 15 is 0 Å². The Kier molecular flexibility index (Phi) is 8.25. The molecule has 0 aliphatic heterocycles. The molecule has 0 aliphatic carbocycles. The molecule has 10 nitrogen and oxygen atoms in total. The third-order valence-electron chi connectivity index (χ3n) is 6.15. The maximum absolute atomic E-state index is 13.6. The maximum atomic E-state index is 13.6. The lowest BCUT2D eigenvalue weighted by Crippen LogP contribution is -2.42. The molecule has 2 aromatic heterocycles. The zero-order valence-electron chi connectivity index (χ0n) is 20.5. The fourth-order valence-corrected chi connectivity index (χ4v) is 4.43. The Labute approximate surface area is 222 Å². The topological polar surface area (TPSA) is 125 Å². The molecule has 0 spiro atoms. The summed E-state index contributed by atoms with van der Waals surface area (Å²) >= 11 is 6.26. The molecule has 0 saturated heterocycles. The van der Waals surface area contributed by atoms with Crippen molar-refractivity contribution in [1.29, 1.82) is 5.41 Å². The van der Waals surface area contributed by atoms with E-state index in [1.165, 1.54) is 12.1 Å². The Morgan fingerprint density at radius 1 is 1.18 bits per heavy atom. The second-order valence-electron chi connectivity index (χ2n) is 8.30. The van der Waals surface area contributed by atoms with E-state index < -0.39 is 36.8 Å². The first-order valence-corrected chi connectivity index (χ1v) is 11.9. The molecule has 13 heteroatoms. The molecule has 4 rings (SSSR count). The molecule has 2 unspecified atom stereocenters. The lowest BCUT2D eigenvalue weighted by Gasteiger charge is -2.30. The van der Waals surface area contributed by atoms with Crippen LogP contribution in [0.3, 0.4) is 0 Å². The van der Waals surface area contributed by atoms with Gasteiger partial charge in [-0.1, -0.05) is 41.9 Å². The zero-order chi connectivity index (χ0) is 27.4. The van der Waals surface area contributed by atoms with Gasteiger partial charge in [0, 0.05) is 13.2 Å². The number of carbonyl (C=O) groups excluding carboxylic acids is 1. The van der Waals surface area contributed by atoms with Gasteiger partial charge in [-0.2, -0.15) is 10.2 Å². The van der Waals surface area contributed by atoms with E-state index in [-0.39, 0.29) is 10.7 Å². The van der Waals surface area contributed by atoms with Gasteiger partial charge in [0.05, 0.1) is 35.4 Å². The smallest absolute Gasteiger partial charge is 0.297 e. The predicted octanol–water partition coefficient (Wildman–Crippen LogP) is 3.69. The number of hydrogen-bond acceptors (Lipinski definition) is 7. The summed E-state index contributed by atoms with van der Waals surface area (Å²) in [5.74, 6) is -1.10. The number of aliphatic hydroxyl groups is 1. The van der Waals surface area contributed by atoms with E-state index in [2.05, 4.69) is 20.5 Å². The van der Waals surface area contributed by atoms with E-state index in [1.54, 1.807) is 36.1 Å². The van der Waals surface area contributed by atoms with Crippen molar-refractivity contribution in [3.8, 4) is 16.9 Å². The molecule has 1 amide bonds. The van der Waals surface area contributed by atoms with Gasteiger partial charge in [-0.3, -0.25) is 19.8 Å². The summed E-state index contributed by atoms with van der Waals surface area (Å²) in [4.78, 5) is 18.3. The van der Waals surface area contributed by atoms with Gasteiger partial charge in [-0.25, -0.2) is 18.4 Å². The van der Waals surface area contributed by atoms with Crippen LogP contribution in [-0.2, 0) is 11.8 Å². The van der Waals surface area contributed by atoms with Crippen LogP contribution < -0.4 is 5.32 Å². The minimum atomic E-state index is -2.90. The van der Waals surface area contributed by atoms with Crippen LogP contribution in [0.1, 0.15) is 35.5 Å². The highest BCUT2D eigenvalue weighted by Gasteiger charge is 2.30. The number of likely N-dealkylation sites (N-methyl/N-ethyl adjacent to an activating group) is 1. The van der Waals surface area contributed by atoms with Crippen molar-refractivity contribution in [3.63, 3.8) is 0 Å². The van der Waals surface area contributed by atoms with Gasteiger partial charge in [0.15, 0.2) is 5.82 Å². The monoisotopic (exact) mass is 542 g/mol. The molecule has 3 N–H and O–H groups in total. The quantitative estimate of drug-likeness (QED) is 0.207. The third-order valence-corrected chi connectivity index (χ3v) is 6.47. The van der Waals surface area contributed by atoms with Gasteiger partial charge in [-0.15, -0.1) is 0 Å². The Bertz CT molecular complexity index is 1420. The van der Waals surface area contributed by atoms with Gasteiger partial charge in [0.25, 0.3) is 6.43 Å². The minimum absolute atomic E-state index is 0.101. The van der Waals surface area contributed by atoms with Crippen LogP contribution in [0, 0.1) is 5.41 Å². The Morgan fingerprint density at radius 2 is 1.89 bits per heavy atom. The number of hydrogen-bond donors (Lipinski definition) is 3. The molecule has 2 atom stereocenters. The van der Waals surface area contributed by atoms with Crippen LogP contribution in [-0.4, -0.2) is 60.5 Å². The standard InChI is InChI=1S/C25H25ClF2N8O2/c1-30-22(16-5-3-15(4-6-16)19-9-10-32-34(19)2)25(38)35(13-29)21(12-37)17-7-8-18(26)20(11-17)36-24(23(27)28)31-14-33-36/h3-11,13-14,21-23,29-30,37H,12H2,1-2H3. The lowest BCUT2D eigenvalue weighted by atomic mass is 10.00. The number of halogens is 3. The van der Waals surface area contributed by atoms with Crippen molar-refractivity contribution in [1.82, 2.24) is 34.8 Å². The van der Waals surface area contributed by atoms with Crippen molar-refractivity contribution in [3.05, 3.63) is 83.0 Å². The van der Waals surface area contributed by atoms with Crippen molar-refractivity contribution < 1.29 is 18.7 Å². The average molecular weight is 543 g/mol. The molecule has 0 radical (unpaired) electrons. The van der Waals surface area contributed by atoms with E-state index in [0.29, 0.717) is 11.1 Å². The van der Waals surface area contributed by atoms with Crippen LogP contribution in [0.5, 0.6) is 0 Å². The highest BCUT2D eigenvalue weighted by molar-refractivity contribution is 6.32. The van der Waals surface area contributed by atoms with Crippen molar-refractivity contribution in [2.24, 2.45) is 7.05 Å². The molecule has 2 heterocycles. The predicted molar refractivity (Wildman–Crippen MR) is 137 cm³/mol. The first-order valence-electron chi connectivity index (χ1n) is 11.5. The van der Waals surface area contributed by atoms with Gasteiger partial charge in [0.1, 0.15) is 12.4 Å². The summed E-state index contributed by atoms with van der Waals surface area (Å²) in [6.07, 6.45) is 0.607. The molecule has 4 aromatic rings. The third kappa shape index (κ3) is 5.19. The van der Waals surface area contributed by atoms with Gasteiger partial charge in [-0.05, 0) is 41.9 Å². The molecule has 0 aliphatic rings. The summed E-state index contributed by atoms with van der Waals surface area (Å²) in [6.45, 7) is -0.545. The number of nitrogens with one attached hydrogen (secondary N) is 2. The van der Waals surface area contributed by atoms with Crippen LogP contribution in [0.2, 0.25) is 5.02 Å². The number of alkyl halides is 2. The molecule has 38 heavy (non-hydrogen) atoms. The fourth-order valence-electron chi connectivity index (χ4n) is 4.23. The second-order valence-corrected chi connectivity index (χ2v) is 8.71. The Balaban J connectivity index is 1.65. The summed E-state index contributed by atoms with van der Waals surface area (Å²) < 4.78 is 29.5. The highest BCUT2D eigenvalue weighted by atomic mass is 35.5. The molecule has 0 fully saturated rings. The largest absolute Gasteiger partial charge is 0.394 e. The number of nitrogens with zero attached hydrogens (tertiary/aromatic N) is 6. The molecular formula is C25H25ClF2N8O2. The SMILES string of the molecule is CNC(C(=O)N(C=N)C(CO)c1ccc(Cl)c(-n2ncnc2C(F)F)c1)c1ccc(-c2ccnn2C)cc1. The van der Waals surface area contributed by atoms with E-state index in [0.717, 1.165) is 33.5 Å². The normalized spacial score (nSPS) is 12.9. The number of aromatic nitrogens is 5. The molecule has 0 saturated carbocycles. The van der Waals surface area contributed by atoms with Crippen LogP contribution in [0.25, 0.3) is 16.9 Å². The fraction of sp³-hybridized carbons (Fsp3) is 0.240. The summed E-state index contributed by atoms with van der Waals surface area (Å²) in [6, 6.07) is 11.8. The van der Waals surface area contributed by atoms with E-state index in [4.69, 9.17) is 17.0 Å². The van der Waals surface area contributed by atoms with Crippen LogP contribution in [0.4, 0.5) is 8.78 Å². The van der Waals surface area contributed by atoms with Gasteiger partial charge < -0.3 is 10.4 Å². The average Bonchev–Trinajstić information content (AvgIpc) is 3.58. The number of carbonyl (C=O) groups is 1.